The molecule has 2 N–H and O–H groups in total. The monoisotopic (exact) mass is 368 g/mol. The Kier molecular flexibility index (Phi) is 6.21. The smallest absolute Gasteiger partial charge is 0.227 e. The number of likely N-dealkylation sites (tertiary alicyclic amines) is 2. The predicted molar refractivity (Wildman–Crippen MR) is 92.4 cm³/mol. The van der Waals surface area contributed by atoms with Crippen LogP contribution in [0, 0.1) is 23.5 Å². The highest BCUT2D eigenvalue weighted by molar-refractivity contribution is 5.79. The number of carbonyl (C=O) groups is 1. The molecule has 2 heterocycles. The number of piperidine rings is 1. The van der Waals surface area contributed by atoms with Crippen LogP contribution in [0.4, 0.5) is 8.78 Å². The van der Waals surface area contributed by atoms with E-state index in [2.05, 4.69) is 4.90 Å². The molecule has 144 valence electrons. The van der Waals surface area contributed by atoms with Gasteiger partial charge in [0.15, 0.2) is 11.6 Å². The minimum Gasteiger partial charge on any atom is -0.396 e. The van der Waals surface area contributed by atoms with Gasteiger partial charge < -0.3 is 20.0 Å². The summed E-state index contributed by atoms with van der Waals surface area (Å²) in [5.74, 6) is -1.80. The lowest BCUT2D eigenvalue weighted by Crippen LogP contribution is -2.40. The summed E-state index contributed by atoms with van der Waals surface area (Å²) in [5, 5.41) is 19.3. The Morgan fingerprint density at radius 2 is 1.81 bits per heavy atom. The van der Waals surface area contributed by atoms with Gasteiger partial charge >= 0.3 is 0 Å². The van der Waals surface area contributed by atoms with Gasteiger partial charge in [0.25, 0.3) is 0 Å². The van der Waals surface area contributed by atoms with Gasteiger partial charge in [-0.15, -0.1) is 0 Å². The number of amides is 1. The molecule has 5 nitrogen and oxygen atoms in total. The summed E-state index contributed by atoms with van der Waals surface area (Å²) in [6.07, 6.45) is 1.32. The molecule has 2 atom stereocenters. The van der Waals surface area contributed by atoms with Crippen LogP contribution in [0.5, 0.6) is 0 Å². The van der Waals surface area contributed by atoms with Crippen molar-refractivity contribution in [2.75, 3.05) is 39.3 Å². The molecule has 2 aliphatic heterocycles. The van der Waals surface area contributed by atoms with Gasteiger partial charge in [-0.25, -0.2) is 8.78 Å². The fourth-order valence-electron chi connectivity index (χ4n) is 3.93. The molecule has 0 bridgehead atoms. The molecular weight excluding hydrogens is 342 g/mol. The van der Waals surface area contributed by atoms with E-state index in [-0.39, 0.29) is 36.9 Å². The molecule has 0 spiro atoms. The van der Waals surface area contributed by atoms with Crippen molar-refractivity contribution in [2.45, 2.75) is 25.4 Å². The Hall–Kier alpha value is -1.57. The summed E-state index contributed by atoms with van der Waals surface area (Å²) in [7, 11) is 0. The van der Waals surface area contributed by atoms with Gasteiger partial charge in [-0.3, -0.25) is 4.79 Å². The van der Waals surface area contributed by atoms with Crippen molar-refractivity contribution in [3.8, 4) is 0 Å². The number of aliphatic hydroxyl groups excluding tert-OH is 2. The second-order valence-corrected chi connectivity index (χ2v) is 7.46. The van der Waals surface area contributed by atoms with Gasteiger partial charge in [0, 0.05) is 45.2 Å². The van der Waals surface area contributed by atoms with E-state index >= 15 is 0 Å². The Labute approximate surface area is 152 Å². The second kappa shape index (κ2) is 8.41. The van der Waals surface area contributed by atoms with E-state index in [1.165, 1.54) is 6.07 Å². The lowest BCUT2D eigenvalue weighted by molar-refractivity contribution is -0.129. The molecule has 0 saturated carbocycles. The zero-order valence-electron chi connectivity index (χ0n) is 14.8. The highest BCUT2D eigenvalue weighted by atomic mass is 19.2. The fraction of sp³-hybridized carbons (Fsp3) is 0.632. The molecule has 3 rings (SSSR count). The first-order valence-electron chi connectivity index (χ1n) is 9.19. The largest absolute Gasteiger partial charge is 0.396 e. The van der Waals surface area contributed by atoms with Gasteiger partial charge in [-0.1, -0.05) is 6.07 Å². The molecule has 2 fully saturated rings. The Bertz CT molecular complexity index is 635. The average Bonchev–Trinajstić information content (AvgIpc) is 3.03. The van der Waals surface area contributed by atoms with E-state index in [1.807, 2.05) is 0 Å². The van der Waals surface area contributed by atoms with E-state index in [0.29, 0.717) is 18.7 Å². The molecule has 0 aromatic heterocycles. The molecule has 0 aliphatic carbocycles. The third-order valence-corrected chi connectivity index (χ3v) is 5.55. The molecule has 0 radical (unpaired) electrons. The van der Waals surface area contributed by atoms with Crippen LogP contribution in [0.1, 0.15) is 18.4 Å². The average molecular weight is 368 g/mol. The maximum Gasteiger partial charge on any atom is 0.227 e. The van der Waals surface area contributed by atoms with Crippen LogP contribution in [0.25, 0.3) is 0 Å². The Balaban J connectivity index is 1.57. The van der Waals surface area contributed by atoms with E-state index in [1.54, 1.807) is 4.90 Å². The minimum atomic E-state index is -0.949. The normalized spacial score (nSPS) is 25.0. The van der Waals surface area contributed by atoms with Crippen molar-refractivity contribution in [3.05, 3.63) is 35.4 Å². The first-order chi connectivity index (χ1) is 12.5. The van der Waals surface area contributed by atoms with Crippen LogP contribution in [0.2, 0.25) is 0 Å². The summed E-state index contributed by atoms with van der Waals surface area (Å²) in [6, 6.07) is 3.52. The lowest BCUT2D eigenvalue weighted by Gasteiger charge is -2.32. The molecule has 1 aromatic rings. The van der Waals surface area contributed by atoms with E-state index in [9.17, 15) is 23.8 Å². The Morgan fingerprint density at radius 1 is 1.12 bits per heavy atom. The first kappa shape index (κ1) is 19.2. The third kappa shape index (κ3) is 4.58. The van der Waals surface area contributed by atoms with Gasteiger partial charge in [-0.05, 0) is 36.5 Å². The quantitative estimate of drug-likeness (QED) is 0.815. The van der Waals surface area contributed by atoms with Crippen molar-refractivity contribution >= 4 is 5.91 Å². The van der Waals surface area contributed by atoms with E-state index in [0.717, 1.165) is 44.6 Å². The highest BCUT2D eigenvalue weighted by Gasteiger charge is 2.36. The number of carbonyl (C=O) groups excluding carboxylic acids is 1. The van der Waals surface area contributed by atoms with Crippen LogP contribution in [-0.2, 0) is 11.2 Å². The number of halogens is 2. The maximum atomic E-state index is 13.3. The van der Waals surface area contributed by atoms with Crippen LogP contribution in [0.3, 0.4) is 0 Å². The summed E-state index contributed by atoms with van der Waals surface area (Å²) in [4.78, 5) is 16.5. The molecular formula is C19H26F2N2O3. The molecule has 0 unspecified atom stereocenters. The van der Waals surface area contributed by atoms with Crippen molar-refractivity contribution in [1.29, 1.82) is 0 Å². The summed E-state index contributed by atoms with van der Waals surface area (Å²) in [6.45, 7) is 3.53. The third-order valence-electron chi connectivity index (χ3n) is 5.55. The summed E-state index contributed by atoms with van der Waals surface area (Å²) < 4.78 is 26.3. The SMILES string of the molecule is O=C(Cc1ccc(F)c(F)c1)N1C[C@@H](CN2CCC(O)CC2)[C@@H](CO)C1. The van der Waals surface area contributed by atoms with Gasteiger partial charge in [0.2, 0.25) is 5.91 Å². The topological polar surface area (TPSA) is 64.0 Å². The molecule has 2 saturated heterocycles. The summed E-state index contributed by atoms with van der Waals surface area (Å²) in [5.41, 5.74) is 0.447. The van der Waals surface area contributed by atoms with Crippen LogP contribution >= 0.6 is 0 Å². The molecule has 7 heteroatoms. The van der Waals surface area contributed by atoms with Crippen molar-refractivity contribution < 1.29 is 23.8 Å². The number of nitrogens with zero attached hydrogens (tertiary/aromatic N) is 2. The lowest BCUT2D eigenvalue weighted by atomic mass is 9.95. The molecule has 26 heavy (non-hydrogen) atoms. The number of rotatable bonds is 5. The molecule has 1 amide bonds. The zero-order valence-corrected chi connectivity index (χ0v) is 14.8. The van der Waals surface area contributed by atoms with Gasteiger partial charge in [0.1, 0.15) is 0 Å². The first-order valence-corrected chi connectivity index (χ1v) is 9.19. The van der Waals surface area contributed by atoms with Gasteiger partial charge in [0.05, 0.1) is 12.5 Å². The second-order valence-electron chi connectivity index (χ2n) is 7.46. The number of benzene rings is 1. The minimum absolute atomic E-state index is 0.0238. The summed E-state index contributed by atoms with van der Waals surface area (Å²) >= 11 is 0. The maximum absolute atomic E-state index is 13.3. The zero-order chi connectivity index (χ0) is 18.7. The van der Waals surface area contributed by atoms with Crippen LogP contribution < -0.4 is 0 Å². The van der Waals surface area contributed by atoms with E-state index in [4.69, 9.17) is 0 Å². The Morgan fingerprint density at radius 3 is 2.46 bits per heavy atom. The molecule has 1 aromatic carbocycles. The predicted octanol–water partition coefficient (Wildman–Crippen LogP) is 1.03. The van der Waals surface area contributed by atoms with Crippen molar-refractivity contribution in [3.63, 3.8) is 0 Å². The van der Waals surface area contributed by atoms with Crippen molar-refractivity contribution in [1.82, 2.24) is 9.80 Å². The van der Waals surface area contributed by atoms with Gasteiger partial charge in [-0.2, -0.15) is 0 Å². The number of hydrogen-bond acceptors (Lipinski definition) is 4. The standard InChI is InChI=1S/C19H26F2N2O3/c20-17-2-1-13(7-18(17)21)8-19(26)23-10-14(15(11-23)12-24)9-22-5-3-16(25)4-6-22/h1-2,7,14-16,24-25H,3-6,8-12H2/t14-,15-/m1/s1. The van der Waals surface area contributed by atoms with Crippen LogP contribution in [0.15, 0.2) is 18.2 Å². The number of aliphatic hydroxyl groups is 2. The molecule has 2 aliphatic rings. The van der Waals surface area contributed by atoms with Crippen LogP contribution in [-0.4, -0.2) is 71.4 Å². The van der Waals surface area contributed by atoms with Crippen molar-refractivity contribution in [2.24, 2.45) is 11.8 Å². The van der Waals surface area contributed by atoms with E-state index < -0.39 is 11.6 Å². The fourth-order valence-corrected chi connectivity index (χ4v) is 3.93. The number of hydrogen-bond donors (Lipinski definition) is 2. The highest BCUT2D eigenvalue weighted by Crippen LogP contribution is 2.26.